The molecule has 1 aromatic rings. The van der Waals surface area contributed by atoms with Crippen molar-refractivity contribution in [3.05, 3.63) is 29.8 Å². The standard InChI is InChI=1S/C14H18ClF2NO2/c1-9(18-12(19)14(2,3)8-15)10-6-4-5-7-11(10)20-13(16)17/h4-7,9,13H,8H2,1-3H3,(H,18,19). The molecule has 0 spiro atoms. The van der Waals surface area contributed by atoms with Crippen LogP contribution in [-0.4, -0.2) is 18.4 Å². The molecule has 1 amide bonds. The molecule has 0 aliphatic heterocycles. The fourth-order valence-electron chi connectivity index (χ4n) is 1.57. The summed E-state index contributed by atoms with van der Waals surface area (Å²) in [5.74, 6) is -0.0217. The fourth-order valence-corrected chi connectivity index (χ4v) is 1.69. The summed E-state index contributed by atoms with van der Waals surface area (Å²) in [6.07, 6.45) is 0. The summed E-state index contributed by atoms with van der Waals surface area (Å²) in [4.78, 5) is 12.0. The Bertz CT molecular complexity index is 466. The summed E-state index contributed by atoms with van der Waals surface area (Å²) in [6.45, 7) is 2.22. The molecule has 112 valence electrons. The van der Waals surface area contributed by atoms with Crippen molar-refractivity contribution in [1.82, 2.24) is 5.32 Å². The number of halogens is 3. The Morgan fingerprint density at radius 2 is 2.00 bits per heavy atom. The number of hydrogen-bond acceptors (Lipinski definition) is 2. The van der Waals surface area contributed by atoms with E-state index in [4.69, 9.17) is 11.6 Å². The fraction of sp³-hybridized carbons (Fsp3) is 0.500. The van der Waals surface area contributed by atoms with Crippen LogP contribution in [0.4, 0.5) is 8.78 Å². The van der Waals surface area contributed by atoms with Gasteiger partial charge in [-0.2, -0.15) is 8.78 Å². The third kappa shape index (κ3) is 4.34. The number of para-hydroxylation sites is 1. The highest BCUT2D eigenvalue weighted by Gasteiger charge is 2.28. The Morgan fingerprint density at radius 3 is 2.55 bits per heavy atom. The molecule has 20 heavy (non-hydrogen) atoms. The molecule has 0 aliphatic carbocycles. The summed E-state index contributed by atoms with van der Waals surface area (Å²) in [6, 6.07) is 5.91. The van der Waals surface area contributed by atoms with Gasteiger partial charge >= 0.3 is 6.61 Å². The highest BCUT2D eigenvalue weighted by Crippen LogP contribution is 2.27. The van der Waals surface area contributed by atoms with Gasteiger partial charge in [-0.05, 0) is 26.8 Å². The van der Waals surface area contributed by atoms with E-state index in [0.29, 0.717) is 5.56 Å². The molecule has 0 fully saturated rings. The number of hydrogen-bond donors (Lipinski definition) is 1. The number of nitrogens with one attached hydrogen (secondary N) is 1. The van der Waals surface area contributed by atoms with Crippen molar-refractivity contribution in [1.29, 1.82) is 0 Å². The summed E-state index contributed by atoms with van der Waals surface area (Å²) in [7, 11) is 0. The number of ether oxygens (including phenoxy) is 1. The Hall–Kier alpha value is -1.36. The van der Waals surface area contributed by atoms with Gasteiger partial charge in [0.2, 0.25) is 5.91 Å². The first-order valence-electron chi connectivity index (χ1n) is 6.18. The van der Waals surface area contributed by atoms with E-state index in [9.17, 15) is 13.6 Å². The van der Waals surface area contributed by atoms with E-state index in [0.717, 1.165) is 0 Å². The van der Waals surface area contributed by atoms with Crippen LogP contribution < -0.4 is 10.1 Å². The van der Waals surface area contributed by atoms with Gasteiger partial charge < -0.3 is 10.1 Å². The Balaban J connectivity index is 2.87. The molecule has 1 aromatic carbocycles. The maximum absolute atomic E-state index is 12.3. The number of alkyl halides is 3. The first-order chi connectivity index (χ1) is 9.27. The van der Waals surface area contributed by atoms with Crippen LogP contribution in [0.25, 0.3) is 0 Å². The third-order valence-electron chi connectivity index (χ3n) is 2.90. The zero-order valence-electron chi connectivity index (χ0n) is 11.6. The number of rotatable bonds is 6. The Kier molecular flexibility index (Phi) is 5.74. The quantitative estimate of drug-likeness (QED) is 0.813. The lowest BCUT2D eigenvalue weighted by Gasteiger charge is -2.24. The molecule has 1 atom stereocenters. The number of benzene rings is 1. The van der Waals surface area contributed by atoms with Crippen LogP contribution in [0.2, 0.25) is 0 Å². The van der Waals surface area contributed by atoms with E-state index in [1.807, 2.05) is 0 Å². The van der Waals surface area contributed by atoms with Gasteiger partial charge in [-0.3, -0.25) is 4.79 Å². The molecule has 1 unspecified atom stereocenters. The number of amides is 1. The van der Waals surface area contributed by atoms with Crippen LogP contribution in [-0.2, 0) is 4.79 Å². The van der Waals surface area contributed by atoms with Crippen molar-refractivity contribution in [3.63, 3.8) is 0 Å². The average Bonchev–Trinajstić information content (AvgIpc) is 2.38. The van der Waals surface area contributed by atoms with E-state index in [1.54, 1.807) is 39.0 Å². The normalized spacial score (nSPS) is 13.2. The van der Waals surface area contributed by atoms with Crippen molar-refractivity contribution in [2.24, 2.45) is 5.41 Å². The van der Waals surface area contributed by atoms with E-state index in [1.165, 1.54) is 6.07 Å². The maximum Gasteiger partial charge on any atom is 0.387 e. The highest BCUT2D eigenvalue weighted by molar-refractivity contribution is 6.19. The summed E-state index contributed by atoms with van der Waals surface area (Å²) in [5, 5.41) is 2.75. The van der Waals surface area contributed by atoms with Gasteiger partial charge in [0, 0.05) is 11.4 Å². The highest BCUT2D eigenvalue weighted by atomic mass is 35.5. The number of carbonyl (C=O) groups excluding carboxylic acids is 1. The predicted molar refractivity (Wildman–Crippen MR) is 74.1 cm³/mol. The molecule has 1 N–H and O–H groups in total. The van der Waals surface area contributed by atoms with Crippen molar-refractivity contribution in [3.8, 4) is 5.75 Å². The lowest BCUT2D eigenvalue weighted by atomic mass is 9.94. The topological polar surface area (TPSA) is 38.3 Å². The molecule has 1 rings (SSSR count). The lowest BCUT2D eigenvalue weighted by molar-refractivity contribution is -0.129. The van der Waals surface area contributed by atoms with Crippen molar-refractivity contribution < 1.29 is 18.3 Å². The van der Waals surface area contributed by atoms with Gasteiger partial charge in [-0.15, -0.1) is 11.6 Å². The monoisotopic (exact) mass is 305 g/mol. The number of carbonyl (C=O) groups is 1. The molecule has 3 nitrogen and oxygen atoms in total. The molecule has 0 saturated heterocycles. The largest absolute Gasteiger partial charge is 0.434 e. The van der Waals surface area contributed by atoms with Crippen molar-refractivity contribution >= 4 is 17.5 Å². The SMILES string of the molecule is CC(NC(=O)C(C)(C)CCl)c1ccccc1OC(F)F. The summed E-state index contributed by atoms with van der Waals surface area (Å²) < 4.78 is 29.1. The average molecular weight is 306 g/mol. The van der Waals surface area contributed by atoms with Crippen LogP contribution in [0.5, 0.6) is 5.75 Å². The Labute approximate surface area is 122 Å². The van der Waals surface area contributed by atoms with Crippen LogP contribution in [0.3, 0.4) is 0 Å². The van der Waals surface area contributed by atoms with E-state index < -0.39 is 18.1 Å². The molecular weight excluding hydrogens is 288 g/mol. The lowest BCUT2D eigenvalue weighted by Crippen LogP contribution is -2.39. The van der Waals surface area contributed by atoms with E-state index in [2.05, 4.69) is 10.1 Å². The molecule has 0 aliphatic rings. The molecule has 0 saturated carbocycles. The first-order valence-corrected chi connectivity index (χ1v) is 6.72. The second-order valence-electron chi connectivity index (χ2n) is 5.13. The van der Waals surface area contributed by atoms with E-state index >= 15 is 0 Å². The van der Waals surface area contributed by atoms with Gasteiger partial charge in [-0.25, -0.2) is 0 Å². The van der Waals surface area contributed by atoms with Crippen LogP contribution in [0, 0.1) is 5.41 Å². The van der Waals surface area contributed by atoms with Crippen molar-refractivity contribution in [2.75, 3.05) is 5.88 Å². The summed E-state index contributed by atoms with van der Waals surface area (Å²) in [5.41, 5.74) is -0.236. The zero-order valence-corrected chi connectivity index (χ0v) is 12.4. The first kappa shape index (κ1) is 16.7. The smallest absolute Gasteiger partial charge is 0.387 e. The van der Waals surface area contributed by atoms with Gasteiger partial charge in [0.05, 0.1) is 11.5 Å². The van der Waals surface area contributed by atoms with Crippen LogP contribution in [0.15, 0.2) is 24.3 Å². The van der Waals surface area contributed by atoms with Gasteiger partial charge in [0.15, 0.2) is 0 Å². The van der Waals surface area contributed by atoms with Gasteiger partial charge in [-0.1, -0.05) is 18.2 Å². The van der Waals surface area contributed by atoms with Gasteiger partial charge in [0.1, 0.15) is 5.75 Å². The molecular formula is C14H18ClF2NO2. The minimum atomic E-state index is -2.90. The van der Waals surface area contributed by atoms with Crippen LogP contribution in [0.1, 0.15) is 32.4 Å². The maximum atomic E-state index is 12.3. The molecule has 0 aromatic heterocycles. The molecule has 6 heteroatoms. The molecule has 0 radical (unpaired) electrons. The second kappa shape index (κ2) is 6.88. The molecule has 0 bridgehead atoms. The van der Waals surface area contributed by atoms with Crippen molar-refractivity contribution in [2.45, 2.75) is 33.4 Å². The Morgan fingerprint density at radius 1 is 1.40 bits per heavy atom. The van der Waals surface area contributed by atoms with E-state index in [-0.39, 0.29) is 17.5 Å². The summed E-state index contributed by atoms with van der Waals surface area (Å²) >= 11 is 5.73. The van der Waals surface area contributed by atoms with Gasteiger partial charge in [0.25, 0.3) is 0 Å². The second-order valence-corrected chi connectivity index (χ2v) is 5.40. The molecule has 0 heterocycles. The zero-order chi connectivity index (χ0) is 15.3. The minimum Gasteiger partial charge on any atom is -0.434 e. The predicted octanol–water partition coefficient (Wildman–Crippen LogP) is 3.73. The van der Waals surface area contributed by atoms with Crippen LogP contribution >= 0.6 is 11.6 Å². The minimum absolute atomic E-state index is 0.0546. The third-order valence-corrected chi connectivity index (χ3v) is 3.57.